The molecule has 0 bridgehead atoms. The lowest BCUT2D eigenvalue weighted by Gasteiger charge is -1.97. The zero-order valence-corrected chi connectivity index (χ0v) is 8.21. The van der Waals surface area contributed by atoms with E-state index in [-0.39, 0.29) is 11.7 Å². The molecule has 0 aliphatic rings. The van der Waals surface area contributed by atoms with Crippen LogP contribution in [0.25, 0.3) is 0 Å². The average molecular weight is 194 g/mol. The lowest BCUT2D eigenvalue weighted by Crippen LogP contribution is -2.25. The van der Waals surface area contributed by atoms with Gasteiger partial charge in [-0.1, -0.05) is 13.0 Å². The molecule has 0 aromatic carbocycles. The molecule has 1 aromatic heterocycles. The summed E-state index contributed by atoms with van der Waals surface area (Å²) in [4.78, 5) is 15.4. The highest BCUT2D eigenvalue weighted by atomic mass is 16.2. The summed E-state index contributed by atoms with van der Waals surface area (Å²) in [5, 5.41) is 9.16. The molecule has 5 heteroatoms. The van der Waals surface area contributed by atoms with Gasteiger partial charge in [0.05, 0.1) is 0 Å². The topological polar surface area (TPSA) is 70.7 Å². The second-order valence-corrected chi connectivity index (χ2v) is 2.79. The first kappa shape index (κ1) is 10.4. The highest BCUT2D eigenvalue weighted by Crippen LogP contribution is 1.93. The minimum absolute atomic E-state index is 0.200. The number of aromatic amines is 1. The molecule has 5 nitrogen and oxygen atoms in total. The molecule has 0 aliphatic heterocycles. The lowest BCUT2D eigenvalue weighted by molar-refractivity contribution is 0.0944. The lowest BCUT2D eigenvalue weighted by atomic mass is 10.4. The summed E-state index contributed by atoms with van der Waals surface area (Å²) in [7, 11) is 0. The maximum Gasteiger partial charge on any atom is 0.290 e. The number of H-pyrrole nitrogens is 1. The van der Waals surface area contributed by atoms with E-state index in [4.69, 9.17) is 0 Å². The molecule has 2 N–H and O–H groups in total. The van der Waals surface area contributed by atoms with Crippen LogP contribution in [0.5, 0.6) is 0 Å². The van der Waals surface area contributed by atoms with Gasteiger partial charge in [-0.2, -0.15) is 0 Å². The van der Waals surface area contributed by atoms with Gasteiger partial charge >= 0.3 is 0 Å². The van der Waals surface area contributed by atoms with Crippen molar-refractivity contribution in [2.75, 3.05) is 6.54 Å². The van der Waals surface area contributed by atoms with E-state index in [9.17, 15) is 4.79 Å². The van der Waals surface area contributed by atoms with E-state index in [2.05, 4.69) is 27.1 Å². The van der Waals surface area contributed by atoms with Crippen molar-refractivity contribution < 1.29 is 4.79 Å². The predicted octanol–water partition coefficient (Wildman–Crippen LogP) is 0.673. The largest absolute Gasteiger partial charge is 0.349 e. The molecule has 0 atom stereocenters. The molecule has 1 aromatic rings. The van der Waals surface area contributed by atoms with Gasteiger partial charge < -0.3 is 5.32 Å². The van der Waals surface area contributed by atoms with Crippen LogP contribution in [-0.2, 0) is 6.42 Å². The Morgan fingerprint density at radius 2 is 2.50 bits per heavy atom. The molecule has 0 fully saturated rings. The predicted molar refractivity (Wildman–Crippen MR) is 52.9 cm³/mol. The molecule has 0 unspecified atom stereocenters. The van der Waals surface area contributed by atoms with Crippen LogP contribution >= 0.6 is 0 Å². The average Bonchev–Trinajstić information content (AvgIpc) is 2.66. The summed E-state index contributed by atoms with van der Waals surface area (Å²) in [6.45, 7) is 6.07. The third kappa shape index (κ3) is 2.69. The number of carbonyl (C=O) groups excluding carboxylic acids is 1. The summed E-state index contributed by atoms with van der Waals surface area (Å²) in [5.41, 5.74) is 0. The van der Waals surface area contributed by atoms with E-state index >= 15 is 0 Å². The van der Waals surface area contributed by atoms with Crippen LogP contribution in [0.15, 0.2) is 12.7 Å². The van der Waals surface area contributed by atoms with E-state index < -0.39 is 0 Å². The third-order valence-corrected chi connectivity index (χ3v) is 1.70. The normalized spacial score (nSPS) is 9.79. The van der Waals surface area contributed by atoms with Crippen molar-refractivity contribution in [1.29, 1.82) is 0 Å². The second-order valence-electron chi connectivity index (χ2n) is 2.79. The van der Waals surface area contributed by atoms with Gasteiger partial charge in [0.15, 0.2) is 0 Å². The Morgan fingerprint density at radius 3 is 3.07 bits per heavy atom. The molecular weight excluding hydrogens is 180 g/mol. The molecule has 1 amide bonds. The van der Waals surface area contributed by atoms with Crippen LogP contribution < -0.4 is 5.32 Å². The third-order valence-electron chi connectivity index (χ3n) is 1.70. The van der Waals surface area contributed by atoms with Crippen molar-refractivity contribution >= 4 is 5.91 Å². The van der Waals surface area contributed by atoms with E-state index in [1.807, 2.05) is 6.92 Å². The number of aryl methyl sites for hydroxylation is 1. The molecule has 14 heavy (non-hydrogen) atoms. The molecule has 1 heterocycles. The van der Waals surface area contributed by atoms with Crippen molar-refractivity contribution in [3.63, 3.8) is 0 Å². The summed E-state index contributed by atoms with van der Waals surface area (Å²) < 4.78 is 0. The molecule has 76 valence electrons. The van der Waals surface area contributed by atoms with Gasteiger partial charge in [-0.15, -0.1) is 11.7 Å². The standard InChI is InChI=1S/C9H14N4O/c1-3-5-6-10-9(14)8-11-7(4-2)12-13-8/h3H,1,4-6H2,2H3,(H,10,14)(H,11,12,13). The van der Waals surface area contributed by atoms with Crippen molar-refractivity contribution in [3.8, 4) is 0 Å². The van der Waals surface area contributed by atoms with Gasteiger partial charge in [-0.05, 0) is 6.42 Å². The Kier molecular flexibility index (Phi) is 3.84. The number of nitrogens with zero attached hydrogens (tertiary/aromatic N) is 2. The molecule has 0 saturated heterocycles. The Balaban J connectivity index is 2.47. The second kappa shape index (κ2) is 5.16. The van der Waals surface area contributed by atoms with E-state index in [0.717, 1.165) is 18.7 Å². The minimum Gasteiger partial charge on any atom is -0.349 e. The van der Waals surface area contributed by atoms with Crippen LogP contribution in [0, 0.1) is 0 Å². The van der Waals surface area contributed by atoms with E-state index in [1.165, 1.54) is 0 Å². The quantitative estimate of drug-likeness (QED) is 0.534. The summed E-state index contributed by atoms with van der Waals surface area (Å²) in [6.07, 6.45) is 3.24. The maximum absolute atomic E-state index is 11.4. The fourth-order valence-corrected chi connectivity index (χ4v) is 0.922. The molecule has 1 rings (SSSR count). The number of carbonyl (C=O) groups is 1. The SMILES string of the molecule is C=CCCNC(=O)c1n[nH]c(CC)n1. The first-order valence-corrected chi connectivity index (χ1v) is 4.58. The molecule has 0 saturated carbocycles. The van der Waals surface area contributed by atoms with Crippen LogP contribution in [-0.4, -0.2) is 27.6 Å². The highest BCUT2D eigenvalue weighted by molar-refractivity contribution is 5.90. The first-order valence-electron chi connectivity index (χ1n) is 4.58. The molecular formula is C9H14N4O. The van der Waals surface area contributed by atoms with E-state index in [1.54, 1.807) is 6.08 Å². The number of rotatable bonds is 5. The molecule has 0 spiro atoms. The van der Waals surface area contributed by atoms with Crippen LogP contribution in [0.2, 0.25) is 0 Å². The highest BCUT2D eigenvalue weighted by Gasteiger charge is 2.10. The van der Waals surface area contributed by atoms with Crippen LogP contribution in [0.4, 0.5) is 0 Å². The summed E-state index contributed by atoms with van der Waals surface area (Å²) >= 11 is 0. The monoisotopic (exact) mass is 194 g/mol. The Morgan fingerprint density at radius 1 is 1.71 bits per heavy atom. The number of nitrogens with one attached hydrogen (secondary N) is 2. The molecule has 0 radical (unpaired) electrons. The Bertz CT molecular complexity index is 318. The van der Waals surface area contributed by atoms with Gasteiger partial charge in [-0.3, -0.25) is 9.89 Å². The maximum atomic E-state index is 11.4. The van der Waals surface area contributed by atoms with Crippen LogP contribution in [0.1, 0.15) is 29.8 Å². The van der Waals surface area contributed by atoms with Gasteiger partial charge in [0.2, 0.25) is 5.82 Å². The minimum atomic E-state index is -0.247. The number of hydrogen-bond donors (Lipinski definition) is 2. The zero-order chi connectivity index (χ0) is 10.4. The fourth-order valence-electron chi connectivity index (χ4n) is 0.922. The van der Waals surface area contributed by atoms with Crippen molar-refractivity contribution in [3.05, 3.63) is 24.3 Å². The van der Waals surface area contributed by atoms with Crippen LogP contribution in [0.3, 0.4) is 0 Å². The Labute approximate surface area is 82.6 Å². The Hall–Kier alpha value is -1.65. The van der Waals surface area contributed by atoms with E-state index in [0.29, 0.717) is 6.54 Å². The number of aromatic nitrogens is 3. The van der Waals surface area contributed by atoms with Crippen molar-refractivity contribution in [2.24, 2.45) is 0 Å². The first-order chi connectivity index (χ1) is 6.77. The fraction of sp³-hybridized carbons (Fsp3) is 0.444. The van der Waals surface area contributed by atoms with Crippen molar-refractivity contribution in [1.82, 2.24) is 20.5 Å². The summed E-state index contributed by atoms with van der Waals surface area (Å²) in [5.74, 6) is 0.674. The smallest absolute Gasteiger partial charge is 0.290 e. The van der Waals surface area contributed by atoms with Gasteiger partial charge in [0, 0.05) is 13.0 Å². The van der Waals surface area contributed by atoms with Gasteiger partial charge in [-0.25, -0.2) is 4.98 Å². The van der Waals surface area contributed by atoms with Crippen molar-refractivity contribution in [2.45, 2.75) is 19.8 Å². The summed E-state index contributed by atoms with van der Waals surface area (Å²) in [6, 6.07) is 0. The number of amides is 1. The molecule has 0 aliphatic carbocycles. The number of hydrogen-bond acceptors (Lipinski definition) is 3. The van der Waals surface area contributed by atoms with Gasteiger partial charge in [0.25, 0.3) is 5.91 Å². The zero-order valence-electron chi connectivity index (χ0n) is 8.21. The van der Waals surface area contributed by atoms with Gasteiger partial charge in [0.1, 0.15) is 5.82 Å².